The summed E-state index contributed by atoms with van der Waals surface area (Å²) >= 11 is 0. The van der Waals surface area contributed by atoms with Crippen LogP contribution >= 0.6 is 0 Å². The molecule has 0 aromatic heterocycles. The van der Waals surface area contributed by atoms with Gasteiger partial charge in [0.25, 0.3) is 0 Å². The van der Waals surface area contributed by atoms with E-state index in [4.69, 9.17) is 5.11 Å². The summed E-state index contributed by atoms with van der Waals surface area (Å²) in [4.78, 5) is 27.1. The second-order valence-electron chi connectivity index (χ2n) is 8.91. The van der Waals surface area contributed by atoms with E-state index < -0.39 is 0 Å². The molecule has 1 heterocycles. The van der Waals surface area contributed by atoms with Crippen LogP contribution in [0, 0.1) is 5.92 Å². The van der Waals surface area contributed by atoms with Crippen molar-refractivity contribution in [1.82, 2.24) is 15.5 Å². The first-order chi connectivity index (χ1) is 13.9. The summed E-state index contributed by atoms with van der Waals surface area (Å²) in [5.74, 6) is 0.905. The van der Waals surface area contributed by atoms with Crippen LogP contribution in [0.1, 0.15) is 57.1 Å². The first-order valence-electron chi connectivity index (χ1n) is 10.9. The van der Waals surface area contributed by atoms with Gasteiger partial charge in [0.2, 0.25) is 11.8 Å². The number of amides is 2. The third kappa shape index (κ3) is 6.82. The molecule has 3 N–H and O–H groups in total. The predicted molar refractivity (Wildman–Crippen MR) is 113 cm³/mol. The third-order valence-electron chi connectivity index (χ3n) is 5.91. The zero-order valence-corrected chi connectivity index (χ0v) is 17.7. The van der Waals surface area contributed by atoms with Crippen LogP contribution in [0.2, 0.25) is 0 Å². The molecule has 160 valence electrons. The Morgan fingerprint density at radius 3 is 2.31 bits per heavy atom. The zero-order valence-electron chi connectivity index (χ0n) is 17.7. The smallest absolute Gasteiger partial charge is 0.224 e. The average Bonchev–Trinajstić information content (AvgIpc) is 3.42. The van der Waals surface area contributed by atoms with Crippen molar-refractivity contribution in [2.24, 2.45) is 5.92 Å². The summed E-state index contributed by atoms with van der Waals surface area (Å²) in [5, 5.41) is 15.2. The standard InChI is InChI=1S/C23H35N3O3/c1-16(2)25-23(29)12-20-9-10-21(26(20)14-18-5-6-18)13-24-22(28)11-17-3-7-19(15-27)8-4-17/h3-4,7-8,16,18,20-21,27H,5-6,9-15H2,1-2H3,(H,24,28)(H,25,29)/t20-,21+/m1/s1. The summed E-state index contributed by atoms with van der Waals surface area (Å²) in [6.45, 7) is 5.68. The van der Waals surface area contributed by atoms with Gasteiger partial charge in [0.05, 0.1) is 13.0 Å². The highest BCUT2D eigenvalue weighted by Gasteiger charge is 2.38. The fourth-order valence-corrected chi connectivity index (χ4v) is 4.19. The van der Waals surface area contributed by atoms with Crippen LogP contribution in [0.5, 0.6) is 0 Å². The van der Waals surface area contributed by atoms with Gasteiger partial charge in [-0.2, -0.15) is 0 Å². The van der Waals surface area contributed by atoms with Gasteiger partial charge in [-0.25, -0.2) is 0 Å². The minimum Gasteiger partial charge on any atom is -0.392 e. The number of benzene rings is 1. The molecule has 29 heavy (non-hydrogen) atoms. The van der Waals surface area contributed by atoms with Crippen molar-refractivity contribution >= 4 is 11.8 Å². The minimum atomic E-state index is 0.0152. The van der Waals surface area contributed by atoms with Crippen molar-refractivity contribution in [2.75, 3.05) is 13.1 Å². The molecule has 1 aromatic carbocycles. The van der Waals surface area contributed by atoms with E-state index in [0.29, 0.717) is 25.4 Å². The molecule has 1 aromatic rings. The first-order valence-corrected chi connectivity index (χ1v) is 10.9. The van der Waals surface area contributed by atoms with Gasteiger partial charge in [-0.3, -0.25) is 14.5 Å². The highest BCUT2D eigenvalue weighted by atomic mass is 16.3. The molecule has 0 bridgehead atoms. The Kier molecular flexibility index (Phi) is 7.67. The van der Waals surface area contributed by atoms with Crippen LogP contribution in [0.4, 0.5) is 0 Å². The van der Waals surface area contributed by atoms with Gasteiger partial charge >= 0.3 is 0 Å². The summed E-state index contributed by atoms with van der Waals surface area (Å²) in [5.41, 5.74) is 1.80. The molecule has 6 heteroatoms. The van der Waals surface area contributed by atoms with Crippen LogP contribution in [-0.4, -0.2) is 53.0 Å². The van der Waals surface area contributed by atoms with Crippen molar-refractivity contribution < 1.29 is 14.7 Å². The SMILES string of the molecule is CC(C)NC(=O)C[C@H]1CC[C@@H](CNC(=O)Cc2ccc(CO)cc2)N1CC1CC1. The Balaban J connectivity index is 1.50. The molecule has 0 spiro atoms. The lowest BCUT2D eigenvalue weighted by Gasteiger charge is -2.30. The zero-order chi connectivity index (χ0) is 20.8. The summed E-state index contributed by atoms with van der Waals surface area (Å²) < 4.78 is 0. The predicted octanol–water partition coefficient (Wildman–Crippen LogP) is 2.00. The Hall–Kier alpha value is -1.92. The molecule has 2 fully saturated rings. The fourth-order valence-electron chi connectivity index (χ4n) is 4.19. The molecule has 0 unspecified atom stereocenters. The van der Waals surface area contributed by atoms with E-state index in [9.17, 15) is 9.59 Å². The number of likely N-dealkylation sites (tertiary alicyclic amines) is 1. The normalized spacial score (nSPS) is 22.1. The molecule has 2 aliphatic rings. The van der Waals surface area contributed by atoms with E-state index >= 15 is 0 Å². The maximum atomic E-state index is 12.4. The first kappa shape index (κ1) is 21.8. The molecule has 1 saturated carbocycles. The van der Waals surface area contributed by atoms with Gasteiger partial charge in [0, 0.05) is 37.6 Å². The lowest BCUT2D eigenvalue weighted by atomic mass is 10.1. The molecular weight excluding hydrogens is 366 g/mol. The monoisotopic (exact) mass is 401 g/mol. The fraction of sp³-hybridized carbons (Fsp3) is 0.652. The third-order valence-corrected chi connectivity index (χ3v) is 5.91. The number of nitrogens with one attached hydrogen (secondary N) is 2. The van der Waals surface area contributed by atoms with Gasteiger partial charge in [-0.1, -0.05) is 24.3 Å². The number of carbonyl (C=O) groups is 2. The van der Waals surface area contributed by atoms with Gasteiger partial charge in [0.15, 0.2) is 0 Å². The second-order valence-corrected chi connectivity index (χ2v) is 8.91. The lowest BCUT2D eigenvalue weighted by Crippen LogP contribution is -2.46. The van der Waals surface area contributed by atoms with Crippen LogP contribution < -0.4 is 10.6 Å². The van der Waals surface area contributed by atoms with Crippen LogP contribution in [0.25, 0.3) is 0 Å². The van der Waals surface area contributed by atoms with Crippen molar-refractivity contribution in [3.63, 3.8) is 0 Å². The van der Waals surface area contributed by atoms with Crippen molar-refractivity contribution in [2.45, 2.75) is 77.1 Å². The minimum absolute atomic E-state index is 0.0152. The summed E-state index contributed by atoms with van der Waals surface area (Å²) in [6.07, 6.45) is 5.50. The Labute approximate surface area is 174 Å². The average molecular weight is 402 g/mol. The number of aliphatic hydroxyl groups excluding tert-OH is 1. The number of nitrogens with zero attached hydrogens (tertiary/aromatic N) is 1. The largest absolute Gasteiger partial charge is 0.392 e. The summed E-state index contributed by atoms with van der Waals surface area (Å²) in [7, 11) is 0. The topological polar surface area (TPSA) is 81.7 Å². The molecule has 2 amide bonds. The second kappa shape index (κ2) is 10.2. The van der Waals surface area contributed by atoms with Gasteiger partial charge in [-0.05, 0) is 56.6 Å². The van der Waals surface area contributed by atoms with E-state index in [1.54, 1.807) is 0 Å². The van der Waals surface area contributed by atoms with Crippen LogP contribution in [0.15, 0.2) is 24.3 Å². The van der Waals surface area contributed by atoms with E-state index in [1.165, 1.54) is 12.8 Å². The Morgan fingerprint density at radius 2 is 1.69 bits per heavy atom. The quantitative estimate of drug-likeness (QED) is 0.560. The van der Waals surface area contributed by atoms with Crippen molar-refractivity contribution in [3.8, 4) is 0 Å². The van der Waals surface area contributed by atoms with Crippen molar-refractivity contribution in [1.29, 1.82) is 0 Å². The lowest BCUT2D eigenvalue weighted by molar-refractivity contribution is -0.123. The molecule has 1 aliphatic heterocycles. The molecule has 3 rings (SSSR count). The van der Waals surface area contributed by atoms with Crippen molar-refractivity contribution in [3.05, 3.63) is 35.4 Å². The van der Waals surface area contributed by atoms with E-state index in [0.717, 1.165) is 36.4 Å². The molecule has 1 aliphatic carbocycles. The van der Waals surface area contributed by atoms with E-state index in [2.05, 4.69) is 15.5 Å². The molecule has 2 atom stereocenters. The van der Waals surface area contributed by atoms with Gasteiger partial charge in [0.1, 0.15) is 0 Å². The van der Waals surface area contributed by atoms with E-state index in [1.807, 2.05) is 38.1 Å². The molecule has 0 radical (unpaired) electrons. The maximum Gasteiger partial charge on any atom is 0.224 e. The molecular formula is C23H35N3O3. The van der Waals surface area contributed by atoms with Crippen LogP contribution in [-0.2, 0) is 22.6 Å². The Morgan fingerprint density at radius 1 is 1.03 bits per heavy atom. The molecule has 1 saturated heterocycles. The van der Waals surface area contributed by atoms with Gasteiger partial charge < -0.3 is 15.7 Å². The number of rotatable bonds is 10. The number of hydrogen-bond donors (Lipinski definition) is 3. The maximum absolute atomic E-state index is 12.4. The highest BCUT2D eigenvalue weighted by molar-refractivity contribution is 5.78. The number of hydrogen-bond acceptors (Lipinski definition) is 4. The van der Waals surface area contributed by atoms with E-state index in [-0.39, 0.29) is 30.5 Å². The number of aliphatic hydroxyl groups is 1. The molecule has 6 nitrogen and oxygen atoms in total. The summed E-state index contributed by atoms with van der Waals surface area (Å²) in [6, 6.07) is 8.25. The Bertz CT molecular complexity index is 685. The highest BCUT2D eigenvalue weighted by Crippen LogP contribution is 2.35. The van der Waals surface area contributed by atoms with Crippen LogP contribution in [0.3, 0.4) is 0 Å². The van der Waals surface area contributed by atoms with Gasteiger partial charge in [-0.15, -0.1) is 0 Å². The number of carbonyl (C=O) groups excluding carboxylic acids is 2.